The largest absolute Gasteiger partial charge is 0.320 e. The van der Waals surface area contributed by atoms with E-state index in [0.717, 1.165) is 11.3 Å². The fraction of sp³-hybridized carbons (Fsp3) is 0.417. The number of aromatic nitrogens is 2. The third-order valence-electron chi connectivity index (χ3n) is 2.96. The van der Waals surface area contributed by atoms with Crippen LogP contribution in [-0.4, -0.2) is 21.3 Å². The quantitative estimate of drug-likeness (QED) is 0.882. The van der Waals surface area contributed by atoms with Gasteiger partial charge in [0, 0.05) is 11.5 Å². The molecule has 8 heteroatoms. The predicted octanol–water partition coefficient (Wildman–Crippen LogP) is 3.00. The summed E-state index contributed by atoms with van der Waals surface area (Å²) in [6.45, 7) is 3.97. The highest BCUT2D eigenvalue weighted by molar-refractivity contribution is 7.14. The molecule has 0 aromatic carbocycles. The molecular formula is C12H17ClN4OS2. The van der Waals surface area contributed by atoms with Crippen LogP contribution in [0.5, 0.6) is 0 Å². The third kappa shape index (κ3) is 3.99. The second-order valence-electron chi connectivity index (χ2n) is 4.30. The molecule has 0 radical (unpaired) electrons. The second kappa shape index (κ2) is 7.68. The molecule has 1 amide bonds. The van der Waals surface area contributed by atoms with Crippen molar-refractivity contribution in [1.29, 1.82) is 0 Å². The van der Waals surface area contributed by atoms with Gasteiger partial charge in [0.2, 0.25) is 11.0 Å². The number of hydrogen-bond donors (Lipinski definition) is 2. The lowest BCUT2D eigenvalue weighted by Crippen LogP contribution is -2.40. The summed E-state index contributed by atoms with van der Waals surface area (Å²) in [6.07, 6.45) is 0.866. The van der Waals surface area contributed by atoms with E-state index in [1.165, 1.54) is 11.5 Å². The minimum Gasteiger partial charge on any atom is -0.320 e. The highest BCUT2D eigenvalue weighted by Crippen LogP contribution is 2.25. The maximum atomic E-state index is 11.9. The maximum Gasteiger partial charge on any atom is 0.243 e. The van der Waals surface area contributed by atoms with Crippen LogP contribution >= 0.6 is 35.3 Å². The van der Waals surface area contributed by atoms with Crippen LogP contribution in [0.25, 0.3) is 10.7 Å². The molecule has 110 valence electrons. The van der Waals surface area contributed by atoms with Crippen LogP contribution in [0.1, 0.15) is 20.3 Å². The molecule has 2 unspecified atom stereocenters. The smallest absolute Gasteiger partial charge is 0.243 e. The first-order valence-electron chi connectivity index (χ1n) is 6.05. The Morgan fingerprint density at radius 2 is 2.30 bits per heavy atom. The Kier molecular flexibility index (Phi) is 6.54. The van der Waals surface area contributed by atoms with E-state index < -0.39 is 6.04 Å². The first-order chi connectivity index (χ1) is 9.11. The van der Waals surface area contributed by atoms with Gasteiger partial charge in [-0.25, -0.2) is 0 Å². The zero-order chi connectivity index (χ0) is 13.8. The number of nitrogens with zero attached hydrogens (tertiary/aromatic N) is 2. The lowest BCUT2D eigenvalue weighted by atomic mass is 10.00. The number of halogens is 1. The molecule has 2 heterocycles. The Bertz CT molecular complexity index is 543. The molecule has 0 saturated carbocycles. The number of carbonyl (C=O) groups is 1. The minimum absolute atomic E-state index is 0. The molecule has 2 rings (SSSR count). The summed E-state index contributed by atoms with van der Waals surface area (Å²) in [6, 6.07) is 3.38. The van der Waals surface area contributed by atoms with Crippen molar-refractivity contribution < 1.29 is 4.79 Å². The highest BCUT2D eigenvalue weighted by Gasteiger charge is 2.20. The summed E-state index contributed by atoms with van der Waals surface area (Å²) in [7, 11) is 0. The van der Waals surface area contributed by atoms with E-state index in [0.29, 0.717) is 11.0 Å². The molecule has 0 spiro atoms. The van der Waals surface area contributed by atoms with Crippen molar-refractivity contribution in [2.45, 2.75) is 26.3 Å². The summed E-state index contributed by atoms with van der Waals surface area (Å²) < 4.78 is 4.22. The zero-order valence-corrected chi connectivity index (χ0v) is 13.6. The van der Waals surface area contributed by atoms with Gasteiger partial charge in [-0.2, -0.15) is 9.36 Å². The van der Waals surface area contributed by atoms with Gasteiger partial charge >= 0.3 is 0 Å². The van der Waals surface area contributed by atoms with E-state index in [2.05, 4.69) is 14.7 Å². The molecule has 5 nitrogen and oxygen atoms in total. The van der Waals surface area contributed by atoms with Gasteiger partial charge in [-0.05, 0) is 17.4 Å². The molecule has 0 saturated heterocycles. The van der Waals surface area contributed by atoms with E-state index in [4.69, 9.17) is 5.73 Å². The normalized spacial score (nSPS) is 13.3. The zero-order valence-electron chi connectivity index (χ0n) is 11.2. The Labute approximate surface area is 132 Å². The molecule has 0 aliphatic heterocycles. The van der Waals surface area contributed by atoms with Crippen LogP contribution in [0, 0.1) is 5.92 Å². The number of rotatable bonds is 5. The first kappa shape index (κ1) is 17.0. The lowest BCUT2D eigenvalue weighted by Gasteiger charge is -2.16. The van der Waals surface area contributed by atoms with Crippen molar-refractivity contribution >= 4 is 46.3 Å². The van der Waals surface area contributed by atoms with Crippen molar-refractivity contribution in [2.75, 3.05) is 5.32 Å². The number of thiophene rings is 1. The van der Waals surface area contributed by atoms with Crippen molar-refractivity contribution in [3.63, 3.8) is 0 Å². The number of amides is 1. The van der Waals surface area contributed by atoms with E-state index in [9.17, 15) is 4.79 Å². The molecule has 0 aliphatic rings. The summed E-state index contributed by atoms with van der Waals surface area (Å²) in [4.78, 5) is 17.2. The van der Waals surface area contributed by atoms with Crippen LogP contribution < -0.4 is 11.1 Å². The molecule has 2 aromatic rings. The van der Waals surface area contributed by atoms with Crippen molar-refractivity contribution in [1.82, 2.24) is 9.36 Å². The van der Waals surface area contributed by atoms with Gasteiger partial charge in [0.25, 0.3) is 0 Å². The van der Waals surface area contributed by atoms with E-state index in [1.54, 1.807) is 11.3 Å². The first-order valence-corrected chi connectivity index (χ1v) is 7.71. The maximum absolute atomic E-state index is 11.9. The fourth-order valence-corrected chi connectivity index (χ4v) is 2.78. The molecule has 3 N–H and O–H groups in total. The molecule has 20 heavy (non-hydrogen) atoms. The second-order valence-corrected chi connectivity index (χ2v) is 6.00. The van der Waals surface area contributed by atoms with Gasteiger partial charge in [0.05, 0.1) is 10.9 Å². The summed E-state index contributed by atoms with van der Waals surface area (Å²) >= 11 is 2.74. The lowest BCUT2D eigenvalue weighted by molar-refractivity contribution is -0.118. The number of nitrogens with two attached hydrogens (primary N) is 1. The number of carbonyl (C=O) groups excluding carboxylic acids is 1. The van der Waals surface area contributed by atoms with Crippen molar-refractivity contribution in [2.24, 2.45) is 11.7 Å². The molecule has 2 atom stereocenters. The number of anilines is 1. The van der Waals surface area contributed by atoms with E-state index >= 15 is 0 Å². The third-order valence-corrected chi connectivity index (χ3v) is 4.45. The minimum atomic E-state index is -0.515. The number of nitrogens with one attached hydrogen (secondary N) is 1. The molecule has 0 fully saturated rings. The topological polar surface area (TPSA) is 80.9 Å². The van der Waals surface area contributed by atoms with Gasteiger partial charge < -0.3 is 5.73 Å². The van der Waals surface area contributed by atoms with Crippen LogP contribution in [0.3, 0.4) is 0 Å². The summed E-state index contributed by atoms with van der Waals surface area (Å²) in [5, 5.41) is 5.18. The van der Waals surface area contributed by atoms with Crippen LogP contribution in [0.4, 0.5) is 5.13 Å². The van der Waals surface area contributed by atoms with Crippen molar-refractivity contribution in [3.8, 4) is 10.7 Å². The van der Waals surface area contributed by atoms with Gasteiger partial charge in [-0.3, -0.25) is 10.1 Å². The summed E-state index contributed by atoms with van der Waals surface area (Å²) in [5.74, 6) is 0.584. The van der Waals surface area contributed by atoms with Gasteiger partial charge in [0.15, 0.2) is 5.82 Å². The SMILES string of the molecule is CCC(C)C(N)C(=O)Nc1nc(-c2cccs2)ns1.Cl. The predicted molar refractivity (Wildman–Crippen MR) is 86.5 cm³/mol. The Hall–Kier alpha value is -1.02. The van der Waals surface area contributed by atoms with E-state index in [-0.39, 0.29) is 24.2 Å². The van der Waals surface area contributed by atoms with Gasteiger partial charge in [-0.1, -0.05) is 26.3 Å². The monoisotopic (exact) mass is 332 g/mol. The Balaban J connectivity index is 0.00000200. The van der Waals surface area contributed by atoms with Crippen molar-refractivity contribution in [3.05, 3.63) is 17.5 Å². The molecule has 0 bridgehead atoms. The average Bonchev–Trinajstić information content (AvgIpc) is 3.06. The number of hydrogen-bond acceptors (Lipinski definition) is 6. The molecular weight excluding hydrogens is 316 g/mol. The van der Waals surface area contributed by atoms with Gasteiger partial charge in [0.1, 0.15) is 0 Å². The fourth-order valence-electron chi connectivity index (χ4n) is 1.48. The molecule has 0 aliphatic carbocycles. The average molecular weight is 333 g/mol. The summed E-state index contributed by atoms with van der Waals surface area (Å²) in [5.41, 5.74) is 5.87. The van der Waals surface area contributed by atoms with E-state index in [1.807, 2.05) is 31.4 Å². The van der Waals surface area contributed by atoms with Gasteiger partial charge in [-0.15, -0.1) is 23.7 Å². The van der Waals surface area contributed by atoms with Crippen LogP contribution in [-0.2, 0) is 4.79 Å². The molecule has 2 aromatic heterocycles. The highest BCUT2D eigenvalue weighted by atomic mass is 35.5. The Morgan fingerprint density at radius 1 is 1.55 bits per heavy atom. The van der Waals surface area contributed by atoms with Crippen LogP contribution in [0.15, 0.2) is 17.5 Å². The van der Waals surface area contributed by atoms with Crippen LogP contribution in [0.2, 0.25) is 0 Å². The Morgan fingerprint density at radius 3 is 2.90 bits per heavy atom. The standard InChI is InChI=1S/C12H16N4OS2.ClH/c1-3-7(2)9(13)11(17)15-12-14-10(16-19-12)8-5-4-6-18-8;/h4-7,9H,3,13H2,1-2H3,(H,14,15,16,17);1H.